The van der Waals surface area contributed by atoms with Gasteiger partial charge in [0, 0.05) is 6.20 Å². The highest BCUT2D eigenvalue weighted by Gasteiger charge is 2.10. The molecule has 0 aliphatic carbocycles. The molecule has 6 heteroatoms. The van der Waals surface area contributed by atoms with E-state index in [-0.39, 0.29) is 5.82 Å². The van der Waals surface area contributed by atoms with Crippen molar-refractivity contribution in [2.24, 2.45) is 0 Å². The second kappa shape index (κ2) is 3.78. The highest BCUT2D eigenvalue weighted by Crippen LogP contribution is 2.24. The monoisotopic (exact) mass is 248 g/mol. The summed E-state index contributed by atoms with van der Waals surface area (Å²) in [5.74, 6) is 0.208. The van der Waals surface area contributed by atoms with Gasteiger partial charge in [-0.1, -0.05) is 11.6 Å². The molecule has 2 heterocycles. The number of hydrogen-bond acceptors (Lipinski definition) is 3. The van der Waals surface area contributed by atoms with Crippen molar-refractivity contribution in [3.05, 3.63) is 41.7 Å². The van der Waals surface area contributed by atoms with Gasteiger partial charge in [-0.05, 0) is 18.2 Å². The predicted molar refractivity (Wildman–Crippen MR) is 62.1 cm³/mol. The van der Waals surface area contributed by atoms with Crippen molar-refractivity contribution in [2.45, 2.75) is 0 Å². The zero-order valence-electron chi connectivity index (χ0n) is 8.48. The third-order valence-corrected chi connectivity index (χ3v) is 2.66. The third kappa shape index (κ3) is 1.74. The minimum Gasteiger partial charge on any atom is -0.338 e. The van der Waals surface area contributed by atoms with E-state index < -0.39 is 0 Å². The molecule has 4 nitrogen and oxygen atoms in total. The molecule has 0 saturated heterocycles. The Morgan fingerprint density at radius 2 is 2.18 bits per heavy atom. The number of nitrogens with zero attached hydrogens (tertiary/aromatic N) is 3. The molecule has 0 fully saturated rings. The van der Waals surface area contributed by atoms with Gasteiger partial charge < -0.3 is 4.98 Å². The van der Waals surface area contributed by atoms with Gasteiger partial charge in [-0.2, -0.15) is 0 Å². The van der Waals surface area contributed by atoms with Crippen LogP contribution < -0.4 is 0 Å². The number of H-pyrrole nitrogens is 1. The summed E-state index contributed by atoms with van der Waals surface area (Å²) in [4.78, 5) is 15.0. The van der Waals surface area contributed by atoms with E-state index in [2.05, 4.69) is 19.9 Å². The highest BCUT2D eigenvalue weighted by atomic mass is 35.5. The van der Waals surface area contributed by atoms with Crippen LogP contribution in [-0.4, -0.2) is 19.9 Å². The van der Waals surface area contributed by atoms with E-state index in [1.165, 1.54) is 18.5 Å². The Morgan fingerprint density at radius 1 is 1.29 bits per heavy atom. The normalized spacial score (nSPS) is 10.9. The van der Waals surface area contributed by atoms with E-state index in [0.29, 0.717) is 27.6 Å². The van der Waals surface area contributed by atoms with Crippen LogP contribution in [0.25, 0.3) is 22.4 Å². The van der Waals surface area contributed by atoms with Crippen LogP contribution in [0, 0.1) is 5.82 Å². The van der Waals surface area contributed by atoms with Crippen LogP contribution in [0.2, 0.25) is 5.15 Å². The fourth-order valence-corrected chi connectivity index (χ4v) is 1.76. The van der Waals surface area contributed by atoms with Crippen LogP contribution in [0.5, 0.6) is 0 Å². The van der Waals surface area contributed by atoms with E-state index >= 15 is 0 Å². The molecular weight excluding hydrogens is 243 g/mol. The van der Waals surface area contributed by atoms with Crippen molar-refractivity contribution in [2.75, 3.05) is 0 Å². The molecule has 0 saturated carbocycles. The minimum absolute atomic E-state index is 0.305. The van der Waals surface area contributed by atoms with Gasteiger partial charge >= 0.3 is 0 Å². The molecule has 0 spiro atoms. The summed E-state index contributed by atoms with van der Waals surface area (Å²) in [5, 5.41) is 0.305. The zero-order chi connectivity index (χ0) is 11.8. The standard InChI is InChI=1S/C11H6ClFN4/c12-10-7(4-14-5-15-10)11-16-8-2-1-6(13)3-9(8)17-11/h1-5H,(H,16,17). The molecule has 3 rings (SSSR count). The molecule has 0 amide bonds. The average molecular weight is 249 g/mol. The summed E-state index contributed by atoms with van der Waals surface area (Å²) in [6.45, 7) is 0. The van der Waals surface area contributed by atoms with Gasteiger partial charge in [0.1, 0.15) is 23.1 Å². The maximum absolute atomic E-state index is 13.0. The van der Waals surface area contributed by atoms with Crippen molar-refractivity contribution in [1.29, 1.82) is 0 Å². The average Bonchev–Trinajstić information content (AvgIpc) is 2.72. The maximum atomic E-state index is 13.0. The Bertz CT molecular complexity index is 695. The fourth-order valence-electron chi connectivity index (χ4n) is 1.58. The summed E-state index contributed by atoms with van der Waals surface area (Å²) in [6, 6.07) is 4.34. The molecule has 0 radical (unpaired) electrons. The Kier molecular flexibility index (Phi) is 2.26. The van der Waals surface area contributed by atoms with Crippen LogP contribution in [0.3, 0.4) is 0 Å². The number of imidazole rings is 1. The maximum Gasteiger partial charge on any atom is 0.143 e. The Morgan fingerprint density at radius 3 is 3.00 bits per heavy atom. The molecule has 1 N–H and O–H groups in total. The zero-order valence-corrected chi connectivity index (χ0v) is 9.24. The van der Waals surface area contributed by atoms with Gasteiger partial charge in [-0.15, -0.1) is 0 Å². The van der Waals surface area contributed by atoms with Crippen molar-refractivity contribution >= 4 is 22.6 Å². The molecular formula is C11H6ClFN4. The SMILES string of the molecule is Fc1ccc2nc(-c3cncnc3Cl)[nH]c2c1. The van der Waals surface area contributed by atoms with Gasteiger partial charge in [-0.25, -0.2) is 19.3 Å². The lowest BCUT2D eigenvalue weighted by atomic mass is 10.3. The number of benzene rings is 1. The first-order valence-corrected chi connectivity index (χ1v) is 5.23. The number of fused-ring (bicyclic) bond motifs is 1. The van der Waals surface area contributed by atoms with Gasteiger partial charge in [0.2, 0.25) is 0 Å². The number of aromatic nitrogens is 4. The van der Waals surface area contributed by atoms with Gasteiger partial charge in [-0.3, -0.25) is 0 Å². The fraction of sp³-hybridized carbons (Fsp3) is 0. The van der Waals surface area contributed by atoms with Crippen molar-refractivity contribution < 1.29 is 4.39 Å². The number of aromatic amines is 1. The first-order chi connectivity index (χ1) is 8.24. The Labute approximate surface area is 101 Å². The molecule has 0 aliphatic rings. The lowest BCUT2D eigenvalue weighted by Gasteiger charge is -1.96. The molecule has 3 aromatic rings. The number of hydrogen-bond donors (Lipinski definition) is 1. The largest absolute Gasteiger partial charge is 0.338 e. The first-order valence-electron chi connectivity index (χ1n) is 4.85. The molecule has 0 unspecified atom stereocenters. The van der Waals surface area contributed by atoms with Gasteiger partial charge in [0.15, 0.2) is 0 Å². The number of halogens is 2. The van der Waals surface area contributed by atoms with E-state index in [9.17, 15) is 4.39 Å². The van der Waals surface area contributed by atoms with E-state index in [4.69, 9.17) is 11.6 Å². The highest BCUT2D eigenvalue weighted by molar-refractivity contribution is 6.31. The summed E-state index contributed by atoms with van der Waals surface area (Å²) < 4.78 is 13.0. The molecule has 0 bridgehead atoms. The number of rotatable bonds is 1. The summed E-state index contributed by atoms with van der Waals surface area (Å²) >= 11 is 5.93. The van der Waals surface area contributed by atoms with Crippen molar-refractivity contribution in [3.8, 4) is 11.4 Å². The summed E-state index contributed by atoms with van der Waals surface area (Å²) in [6.07, 6.45) is 2.91. The number of nitrogens with one attached hydrogen (secondary N) is 1. The molecule has 84 valence electrons. The molecule has 17 heavy (non-hydrogen) atoms. The van der Waals surface area contributed by atoms with Crippen LogP contribution in [0.4, 0.5) is 4.39 Å². The lowest BCUT2D eigenvalue weighted by Crippen LogP contribution is -1.86. The summed E-state index contributed by atoms with van der Waals surface area (Å²) in [5.41, 5.74) is 1.87. The van der Waals surface area contributed by atoms with Crippen LogP contribution in [0.15, 0.2) is 30.7 Å². The van der Waals surface area contributed by atoms with Crippen LogP contribution >= 0.6 is 11.6 Å². The van der Waals surface area contributed by atoms with Crippen molar-refractivity contribution in [3.63, 3.8) is 0 Å². The second-order valence-electron chi connectivity index (χ2n) is 3.47. The molecule has 0 atom stereocenters. The Balaban J connectivity index is 2.22. The van der Waals surface area contributed by atoms with Crippen LogP contribution in [-0.2, 0) is 0 Å². The molecule has 1 aromatic carbocycles. The molecule has 0 aliphatic heterocycles. The van der Waals surface area contributed by atoms with E-state index in [1.807, 2.05) is 0 Å². The lowest BCUT2D eigenvalue weighted by molar-refractivity contribution is 0.629. The minimum atomic E-state index is -0.317. The third-order valence-electron chi connectivity index (χ3n) is 2.36. The Hall–Kier alpha value is -2.01. The van der Waals surface area contributed by atoms with Crippen molar-refractivity contribution in [1.82, 2.24) is 19.9 Å². The second-order valence-corrected chi connectivity index (χ2v) is 3.83. The quantitative estimate of drug-likeness (QED) is 0.674. The van der Waals surface area contributed by atoms with Crippen LogP contribution in [0.1, 0.15) is 0 Å². The van der Waals surface area contributed by atoms with Gasteiger partial charge in [0.05, 0.1) is 16.6 Å². The smallest absolute Gasteiger partial charge is 0.143 e. The van der Waals surface area contributed by atoms with Gasteiger partial charge in [0.25, 0.3) is 0 Å². The van der Waals surface area contributed by atoms with E-state index in [0.717, 1.165) is 0 Å². The molecule has 2 aromatic heterocycles. The first kappa shape index (κ1) is 10.2. The summed E-state index contributed by atoms with van der Waals surface area (Å²) in [7, 11) is 0. The predicted octanol–water partition coefficient (Wildman–Crippen LogP) is 2.81. The topological polar surface area (TPSA) is 54.5 Å². The van der Waals surface area contributed by atoms with E-state index in [1.54, 1.807) is 12.3 Å².